The van der Waals surface area contributed by atoms with E-state index in [2.05, 4.69) is 10.2 Å². The van der Waals surface area contributed by atoms with E-state index in [4.69, 9.17) is 0 Å². The average Bonchev–Trinajstić information content (AvgIpc) is 2.89. The Bertz CT molecular complexity index is 442. The first-order valence-corrected chi connectivity index (χ1v) is 6.84. The van der Waals surface area contributed by atoms with Crippen LogP contribution in [0, 0.1) is 17.0 Å². The Hall–Kier alpha value is -1.46. The molecule has 1 fully saturated rings. The molecule has 5 nitrogen and oxygen atoms in total. The van der Waals surface area contributed by atoms with Gasteiger partial charge in [-0.3, -0.25) is 10.1 Å². The Morgan fingerprint density at radius 2 is 2.11 bits per heavy atom. The van der Waals surface area contributed by atoms with Crippen LogP contribution in [-0.4, -0.2) is 36.0 Å². The standard InChI is InChI=1S/C14H21N3O2/c1-12-13(5-4-6-14(12)17(18)19)11-15-7-10-16-8-2-3-9-16/h4-6,15H,2-3,7-11H2,1H3. The molecule has 104 valence electrons. The molecule has 1 aliphatic rings. The van der Waals surface area contributed by atoms with Gasteiger partial charge in [0.25, 0.3) is 5.69 Å². The minimum absolute atomic E-state index is 0.207. The maximum Gasteiger partial charge on any atom is 0.272 e. The summed E-state index contributed by atoms with van der Waals surface area (Å²) >= 11 is 0. The first kappa shape index (κ1) is 14.0. The zero-order chi connectivity index (χ0) is 13.7. The smallest absolute Gasteiger partial charge is 0.272 e. The lowest BCUT2D eigenvalue weighted by molar-refractivity contribution is -0.385. The SMILES string of the molecule is Cc1c(CNCCN2CCCC2)cccc1[N+](=O)[O-]. The summed E-state index contributed by atoms with van der Waals surface area (Å²) in [6, 6.07) is 5.26. The highest BCUT2D eigenvalue weighted by atomic mass is 16.6. The minimum Gasteiger partial charge on any atom is -0.311 e. The average molecular weight is 263 g/mol. The molecule has 0 aliphatic carbocycles. The summed E-state index contributed by atoms with van der Waals surface area (Å²) in [5.41, 5.74) is 1.98. The molecule has 1 N–H and O–H groups in total. The fourth-order valence-electron chi connectivity index (χ4n) is 2.53. The number of hydrogen-bond acceptors (Lipinski definition) is 4. The van der Waals surface area contributed by atoms with E-state index in [0.29, 0.717) is 6.54 Å². The Morgan fingerprint density at radius 3 is 2.79 bits per heavy atom. The molecule has 0 aromatic heterocycles. The molecule has 0 bridgehead atoms. The van der Waals surface area contributed by atoms with Crippen molar-refractivity contribution in [3.05, 3.63) is 39.4 Å². The van der Waals surface area contributed by atoms with E-state index in [-0.39, 0.29) is 10.6 Å². The Morgan fingerprint density at radius 1 is 1.37 bits per heavy atom. The second kappa shape index (κ2) is 6.63. The summed E-state index contributed by atoms with van der Waals surface area (Å²) in [7, 11) is 0. The molecule has 2 rings (SSSR count). The third-order valence-electron chi connectivity index (χ3n) is 3.73. The van der Waals surface area contributed by atoms with Crippen molar-refractivity contribution in [1.82, 2.24) is 10.2 Å². The summed E-state index contributed by atoms with van der Waals surface area (Å²) in [6.45, 7) is 6.92. The Kier molecular flexibility index (Phi) is 4.87. The topological polar surface area (TPSA) is 58.4 Å². The monoisotopic (exact) mass is 263 g/mol. The molecule has 1 aliphatic heterocycles. The van der Waals surface area contributed by atoms with Crippen LogP contribution in [0.1, 0.15) is 24.0 Å². The molecule has 0 spiro atoms. The van der Waals surface area contributed by atoms with Crippen molar-refractivity contribution in [2.24, 2.45) is 0 Å². The van der Waals surface area contributed by atoms with Crippen molar-refractivity contribution in [3.8, 4) is 0 Å². The van der Waals surface area contributed by atoms with Gasteiger partial charge in [0.15, 0.2) is 0 Å². The summed E-state index contributed by atoms with van der Waals surface area (Å²) in [4.78, 5) is 13.0. The van der Waals surface area contributed by atoms with Crippen LogP contribution in [0.25, 0.3) is 0 Å². The maximum absolute atomic E-state index is 10.9. The number of nitrogens with one attached hydrogen (secondary N) is 1. The molecule has 1 aromatic carbocycles. The van der Waals surface area contributed by atoms with Gasteiger partial charge < -0.3 is 10.2 Å². The van der Waals surface area contributed by atoms with Crippen molar-refractivity contribution in [1.29, 1.82) is 0 Å². The van der Waals surface area contributed by atoms with Crippen molar-refractivity contribution >= 4 is 5.69 Å². The quantitative estimate of drug-likeness (QED) is 0.485. The van der Waals surface area contributed by atoms with E-state index in [0.717, 1.165) is 24.2 Å². The highest BCUT2D eigenvalue weighted by Gasteiger charge is 2.13. The highest BCUT2D eigenvalue weighted by molar-refractivity contribution is 5.44. The van der Waals surface area contributed by atoms with Crippen molar-refractivity contribution in [3.63, 3.8) is 0 Å². The molecule has 1 heterocycles. The third kappa shape index (κ3) is 3.75. The lowest BCUT2D eigenvalue weighted by Gasteiger charge is -2.15. The predicted octanol–water partition coefficient (Wildman–Crippen LogP) is 2.09. The fourth-order valence-corrected chi connectivity index (χ4v) is 2.53. The van der Waals surface area contributed by atoms with Gasteiger partial charge >= 0.3 is 0 Å². The van der Waals surface area contributed by atoms with Crippen molar-refractivity contribution in [2.75, 3.05) is 26.2 Å². The summed E-state index contributed by atoms with van der Waals surface area (Å²) < 4.78 is 0. The molecular formula is C14H21N3O2. The minimum atomic E-state index is -0.316. The predicted molar refractivity (Wildman–Crippen MR) is 75.2 cm³/mol. The largest absolute Gasteiger partial charge is 0.311 e. The number of benzene rings is 1. The van der Waals surface area contributed by atoms with Gasteiger partial charge in [-0.05, 0) is 38.4 Å². The summed E-state index contributed by atoms with van der Waals surface area (Å²) in [5.74, 6) is 0. The molecule has 1 aromatic rings. The lowest BCUT2D eigenvalue weighted by atomic mass is 10.1. The van der Waals surface area contributed by atoms with Crippen molar-refractivity contribution < 1.29 is 4.92 Å². The second-order valence-electron chi connectivity index (χ2n) is 5.04. The van der Waals surface area contributed by atoms with E-state index in [1.807, 2.05) is 13.0 Å². The molecule has 0 unspecified atom stereocenters. The molecular weight excluding hydrogens is 242 g/mol. The molecule has 0 saturated carbocycles. The first-order valence-electron chi connectivity index (χ1n) is 6.84. The van der Waals surface area contributed by atoms with Crippen LogP contribution >= 0.6 is 0 Å². The number of nitrogens with zero attached hydrogens (tertiary/aromatic N) is 2. The number of nitro groups is 1. The van der Waals surface area contributed by atoms with E-state index in [1.54, 1.807) is 12.1 Å². The Balaban J connectivity index is 1.82. The van der Waals surface area contributed by atoms with E-state index in [9.17, 15) is 10.1 Å². The molecule has 0 amide bonds. The number of likely N-dealkylation sites (tertiary alicyclic amines) is 1. The summed E-state index contributed by atoms with van der Waals surface area (Å²) in [5, 5.41) is 14.2. The number of rotatable bonds is 6. The van der Waals surface area contributed by atoms with Gasteiger partial charge in [0.1, 0.15) is 0 Å². The molecule has 0 atom stereocenters. The fraction of sp³-hybridized carbons (Fsp3) is 0.571. The summed E-state index contributed by atoms with van der Waals surface area (Å²) in [6.07, 6.45) is 2.62. The van der Waals surface area contributed by atoms with Crippen LogP contribution in [0.3, 0.4) is 0 Å². The van der Waals surface area contributed by atoms with Gasteiger partial charge in [-0.25, -0.2) is 0 Å². The van der Waals surface area contributed by atoms with E-state index >= 15 is 0 Å². The van der Waals surface area contributed by atoms with Gasteiger partial charge in [0.2, 0.25) is 0 Å². The zero-order valence-electron chi connectivity index (χ0n) is 11.4. The van der Waals surface area contributed by atoms with Crippen LogP contribution in [0.4, 0.5) is 5.69 Å². The van der Waals surface area contributed by atoms with Gasteiger partial charge in [-0.15, -0.1) is 0 Å². The number of nitro benzene ring substituents is 1. The van der Waals surface area contributed by atoms with Crippen LogP contribution in [0.2, 0.25) is 0 Å². The van der Waals surface area contributed by atoms with E-state index in [1.165, 1.54) is 25.9 Å². The Labute approximate surface area is 113 Å². The van der Waals surface area contributed by atoms with Crippen molar-refractivity contribution in [2.45, 2.75) is 26.3 Å². The second-order valence-corrected chi connectivity index (χ2v) is 5.04. The zero-order valence-corrected chi connectivity index (χ0v) is 11.4. The van der Waals surface area contributed by atoms with Crippen LogP contribution in [-0.2, 0) is 6.54 Å². The maximum atomic E-state index is 10.9. The van der Waals surface area contributed by atoms with Crippen LogP contribution < -0.4 is 5.32 Å². The molecule has 0 radical (unpaired) electrons. The molecule has 1 saturated heterocycles. The van der Waals surface area contributed by atoms with Gasteiger partial charge in [-0.1, -0.05) is 12.1 Å². The number of hydrogen-bond donors (Lipinski definition) is 1. The molecule has 19 heavy (non-hydrogen) atoms. The van der Waals surface area contributed by atoms with E-state index < -0.39 is 0 Å². The molecule has 5 heteroatoms. The van der Waals surface area contributed by atoms with Crippen LogP contribution in [0.15, 0.2) is 18.2 Å². The third-order valence-corrected chi connectivity index (χ3v) is 3.73. The van der Waals surface area contributed by atoms with Gasteiger partial charge in [-0.2, -0.15) is 0 Å². The lowest BCUT2D eigenvalue weighted by Crippen LogP contribution is -2.29. The highest BCUT2D eigenvalue weighted by Crippen LogP contribution is 2.20. The van der Waals surface area contributed by atoms with Gasteiger partial charge in [0, 0.05) is 31.3 Å². The van der Waals surface area contributed by atoms with Crippen LogP contribution in [0.5, 0.6) is 0 Å². The normalized spacial score (nSPS) is 15.8. The first-order chi connectivity index (χ1) is 9.18. The van der Waals surface area contributed by atoms with Gasteiger partial charge in [0.05, 0.1) is 4.92 Å².